The van der Waals surface area contributed by atoms with E-state index in [-0.39, 0.29) is 0 Å². The Labute approximate surface area is 154 Å². The molecule has 0 radical (unpaired) electrons. The highest BCUT2D eigenvalue weighted by Crippen LogP contribution is 2.38. The molecule has 110 valence electrons. The predicted octanol–water partition coefficient (Wildman–Crippen LogP) is 6.84. The largest absolute Gasteiger partial charge is 0.313 e. The van der Waals surface area contributed by atoms with Crippen LogP contribution in [0.15, 0.2) is 55.9 Å². The van der Waals surface area contributed by atoms with Gasteiger partial charge in [-0.15, -0.1) is 0 Å². The van der Waals surface area contributed by atoms with Crippen molar-refractivity contribution in [3.05, 3.63) is 67.1 Å². The highest BCUT2D eigenvalue weighted by molar-refractivity contribution is 9.11. The molecule has 3 aromatic rings. The average Bonchev–Trinajstić information content (AvgIpc) is 2.81. The van der Waals surface area contributed by atoms with Crippen LogP contribution in [-0.2, 0) is 6.42 Å². The first-order valence-electron chi connectivity index (χ1n) is 7.08. The Bertz CT molecular complexity index is 904. The Morgan fingerprint density at radius 3 is 2.32 bits per heavy atom. The van der Waals surface area contributed by atoms with Gasteiger partial charge >= 0.3 is 0 Å². The van der Waals surface area contributed by atoms with E-state index in [2.05, 4.69) is 101 Å². The van der Waals surface area contributed by atoms with Crippen molar-refractivity contribution in [1.82, 2.24) is 4.57 Å². The molecule has 0 saturated heterocycles. The van der Waals surface area contributed by atoms with E-state index >= 15 is 0 Å². The van der Waals surface area contributed by atoms with Gasteiger partial charge in [-0.05, 0) is 65.9 Å². The maximum absolute atomic E-state index is 3.67. The molecule has 1 aliphatic carbocycles. The van der Waals surface area contributed by atoms with Crippen molar-refractivity contribution in [1.29, 1.82) is 0 Å². The maximum atomic E-state index is 3.67. The van der Waals surface area contributed by atoms with E-state index < -0.39 is 0 Å². The third-order valence-corrected chi connectivity index (χ3v) is 5.70. The Balaban J connectivity index is 2.08. The molecular weight excluding hydrogens is 470 g/mol. The lowest BCUT2D eigenvalue weighted by molar-refractivity contribution is 0.883. The van der Waals surface area contributed by atoms with E-state index in [1.807, 2.05) is 0 Å². The number of halogens is 3. The zero-order valence-electron chi connectivity index (χ0n) is 11.6. The van der Waals surface area contributed by atoms with Crippen LogP contribution in [0.3, 0.4) is 0 Å². The van der Waals surface area contributed by atoms with Gasteiger partial charge in [-0.2, -0.15) is 0 Å². The summed E-state index contributed by atoms with van der Waals surface area (Å²) in [6, 6.07) is 15.1. The number of hydrogen-bond donors (Lipinski definition) is 0. The first-order valence-corrected chi connectivity index (χ1v) is 9.46. The van der Waals surface area contributed by atoms with Gasteiger partial charge in [0.25, 0.3) is 0 Å². The van der Waals surface area contributed by atoms with E-state index in [1.54, 1.807) is 0 Å². The molecule has 2 aromatic carbocycles. The van der Waals surface area contributed by atoms with Crippen molar-refractivity contribution in [3.63, 3.8) is 0 Å². The highest BCUT2D eigenvalue weighted by atomic mass is 79.9. The van der Waals surface area contributed by atoms with Crippen LogP contribution in [-0.4, -0.2) is 4.57 Å². The fourth-order valence-electron chi connectivity index (χ4n) is 3.10. The van der Waals surface area contributed by atoms with Crippen LogP contribution in [0, 0.1) is 0 Å². The van der Waals surface area contributed by atoms with Gasteiger partial charge in [0.05, 0.1) is 5.52 Å². The van der Waals surface area contributed by atoms with Crippen LogP contribution in [0.25, 0.3) is 22.7 Å². The molecule has 0 fully saturated rings. The second-order valence-electron chi connectivity index (χ2n) is 5.42. The number of benzene rings is 2. The number of fused-ring (bicyclic) bond motifs is 3. The molecule has 0 spiro atoms. The van der Waals surface area contributed by atoms with Gasteiger partial charge in [0.1, 0.15) is 0 Å². The number of nitrogens with zero attached hydrogens (tertiary/aromatic N) is 1. The van der Waals surface area contributed by atoms with Crippen LogP contribution in [0.4, 0.5) is 0 Å². The Kier molecular flexibility index (Phi) is 3.79. The summed E-state index contributed by atoms with van der Waals surface area (Å²) in [6.45, 7) is 0. The number of hydrogen-bond acceptors (Lipinski definition) is 0. The lowest BCUT2D eigenvalue weighted by atomic mass is 10.0. The summed E-state index contributed by atoms with van der Waals surface area (Å²) in [4.78, 5) is 0. The van der Waals surface area contributed by atoms with Gasteiger partial charge in [-0.3, -0.25) is 0 Å². The van der Waals surface area contributed by atoms with Crippen LogP contribution >= 0.6 is 47.8 Å². The lowest BCUT2D eigenvalue weighted by Gasteiger charge is -2.14. The van der Waals surface area contributed by atoms with Gasteiger partial charge in [-0.25, -0.2) is 0 Å². The first kappa shape index (κ1) is 14.7. The molecule has 0 aliphatic heterocycles. The van der Waals surface area contributed by atoms with Gasteiger partial charge in [0.2, 0.25) is 0 Å². The molecule has 0 atom stereocenters. The topological polar surface area (TPSA) is 4.93 Å². The van der Waals surface area contributed by atoms with Crippen molar-refractivity contribution in [2.75, 3.05) is 0 Å². The predicted molar refractivity (Wildman–Crippen MR) is 104 cm³/mol. The van der Waals surface area contributed by atoms with Crippen molar-refractivity contribution in [2.45, 2.75) is 12.8 Å². The minimum absolute atomic E-state index is 1.05. The van der Waals surface area contributed by atoms with Gasteiger partial charge in [0, 0.05) is 31.3 Å². The molecule has 0 bridgehead atoms. The highest BCUT2D eigenvalue weighted by Gasteiger charge is 2.20. The van der Waals surface area contributed by atoms with E-state index in [4.69, 9.17) is 0 Å². The minimum Gasteiger partial charge on any atom is -0.313 e. The second-order valence-corrected chi connectivity index (χ2v) is 8.27. The zero-order valence-corrected chi connectivity index (χ0v) is 16.4. The van der Waals surface area contributed by atoms with Crippen LogP contribution in [0.5, 0.6) is 0 Å². The van der Waals surface area contributed by atoms with E-state index in [1.165, 1.54) is 32.3 Å². The Morgan fingerprint density at radius 1 is 0.818 bits per heavy atom. The van der Waals surface area contributed by atoms with Crippen molar-refractivity contribution in [2.24, 2.45) is 0 Å². The van der Waals surface area contributed by atoms with Gasteiger partial charge in [0.15, 0.2) is 0 Å². The number of allylic oxidation sites excluding steroid dienone is 1. The van der Waals surface area contributed by atoms with Crippen molar-refractivity contribution in [3.8, 4) is 5.69 Å². The second kappa shape index (κ2) is 5.66. The summed E-state index contributed by atoms with van der Waals surface area (Å²) in [5, 5.41) is 1.30. The van der Waals surface area contributed by atoms with Crippen LogP contribution < -0.4 is 0 Å². The molecule has 0 N–H and O–H groups in total. The molecule has 0 unspecified atom stereocenters. The smallest absolute Gasteiger partial charge is 0.0538 e. The quantitative estimate of drug-likeness (QED) is 0.358. The van der Waals surface area contributed by atoms with Gasteiger partial charge < -0.3 is 4.57 Å². The molecule has 4 rings (SSSR count). The fraction of sp³-hybridized carbons (Fsp3) is 0.111. The molecule has 22 heavy (non-hydrogen) atoms. The SMILES string of the molecule is BrC1=Cc2c(n(-c3ccc(Br)cc3)c3ccc(Br)cc23)CC1. The van der Waals surface area contributed by atoms with E-state index in [0.717, 1.165) is 21.8 Å². The van der Waals surface area contributed by atoms with Gasteiger partial charge in [-0.1, -0.05) is 47.8 Å². The summed E-state index contributed by atoms with van der Waals surface area (Å²) < 4.78 is 5.88. The van der Waals surface area contributed by atoms with Crippen LogP contribution in [0.1, 0.15) is 17.7 Å². The minimum atomic E-state index is 1.05. The molecule has 4 heteroatoms. The number of rotatable bonds is 1. The summed E-state index contributed by atoms with van der Waals surface area (Å²) in [5.41, 5.74) is 5.19. The standard InChI is InChI=1S/C18H12Br3N/c19-11-1-5-14(6-2-11)22-17-7-3-12(20)9-15(17)16-10-13(21)4-8-18(16)22/h1-3,5-7,9-10H,4,8H2. The zero-order chi connectivity index (χ0) is 15.3. The Hall–Kier alpha value is -0.840. The van der Waals surface area contributed by atoms with Crippen molar-refractivity contribution < 1.29 is 0 Å². The molecule has 1 nitrogen and oxygen atoms in total. The summed E-state index contributed by atoms with van der Waals surface area (Å²) in [5.74, 6) is 0. The average molecular weight is 482 g/mol. The molecule has 1 aliphatic rings. The van der Waals surface area contributed by atoms with E-state index in [9.17, 15) is 0 Å². The van der Waals surface area contributed by atoms with Crippen molar-refractivity contribution >= 4 is 64.8 Å². The summed E-state index contributed by atoms with van der Waals surface area (Å²) in [7, 11) is 0. The maximum Gasteiger partial charge on any atom is 0.0538 e. The fourth-order valence-corrected chi connectivity index (χ4v) is 4.15. The third kappa shape index (κ3) is 2.41. The monoisotopic (exact) mass is 479 g/mol. The molecular formula is C18H12Br3N. The summed E-state index contributed by atoms with van der Waals surface area (Å²) in [6.07, 6.45) is 4.37. The molecule has 1 heterocycles. The first-order chi connectivity index (χ1) is 10.6. The molecule has 0 amide bonds. The summed E-state index contributed by atoms with van der Waals surface area (Å²) >= 11 is 10.8. The van der Waals surface area contributed by atoms with E-state index in [0.29, 0.717) is 0 Å². The lowest BCUT2D eigenvalue weighted by Crippen LogP contribution is -2.03. The normalized spacial score (nSPS) is 14.0. The molecule has 0 saturated carbocycles. The Morgan fingerprint density at radius 2 is 1.55 bits per heavy atom. The number of aromatic nitrogens is 1. The van der Waals surface area contributed by atoms with Crippen LogP contribution in [0.2, 0.25) is 0 Å². The molecule has 1 aromatic heterocycles. The third-order valence-electron chi connectivity index (χ3n) is 4.06.